The molecule has 0 radical (unpaired) electrons. The van der Waals surface area contributed by atoms with Gasteiger partial charge in [0.1, 0.15) is 5.78 Å². The molecule has 8 unspecified atom stereocenters. The van der Waals surface area contributed by atoms with Crippen LogP contribution in [0.3, 0.4) is 0 Å². The topological polar surface area (TPSA) is 17.1 Å². The van der Waals surface area contributed by atoms with Crippen LogP contribution in [0.2, 0.25) is 0 Å². The van der Waals surface area contributed by atoms with E-state index in [9.17, 15) is 4.79 Å². The van der Waals surface area contributed by atoms with Crippen molar-refractivity contribution in [3.8, 4) is 0 Å². The Hall–Kier alpha value is -0.330. The molecule has 0 aliphatic heterocycles. The number of carbonyl (C=O) groups is 1. The fourth-order valence-electron chi connectivity index (χ4n) is 5.96. The maximum atomic E-state index is 11.9. The standard InChI is InChI=1S/C11H12O/c12-11-4-2-5-7-3(4)1-6-8(7)9(5)10(6)11/h3-10H,1-2H2. The molecule has 0 aromatic rings. The highest BCUT2D eigenvalue weighted by Crippen LogP contribution is 2.82. The molecule has 1 nitrogen and oxygen atoms in total. The van der Waals surface area contributed by atoms with Crippen molar-refractivity contribution in [2.75, 3.05) is 0 Å². The van der Waals surface area contributed by atoms with E-state index < -0.39 is 0 Å². The summed E-state index contributed by atoms with van der Waals surface area (Å²) >= 11 is 0. The lowest BCUT2D eigenvalue weighted by Crippen LogP contribution is -2.64. The van der Waals surface area contributed by atoms with Gasteiger partial charge in [0.05, 0.1) is 0 Å². The average molecular weight is 160 g/mol. The lowest BCUT2D eigenvalue weighted by atomic mass is 9.39. The van der Waals surface area contributed by atoms with Gasteiger partial charge in [-0.25, -0.2) is 0 Å². The van der Waals surface area contributed by atoms with Gasteiger partial charge in [-0.15, -0.1) is 0 Å². The minimum Gasteiger partial charge on any atom is -0.299 e. The Kier molecular flexibility index (Phi) is 0.547. The number of hydrogen-bond donors (Lipinski definition) is 0. The first-order valence-electron chi connectivity index (χ1n) is 5.41. The molecule has 0 amide bonds. The van der Waals surface area contributed by atoms with Gasteiger partial charge in [0, 0.05) is 11.8 Å². The molecule has 0 saturated heterocycles. The Morgan fingerprint density at radius 1 is 0.917 bits per heavy atom. The van der Waals surface area contributed by atoms with Gasteiger partial charge < -0.3 is 0 Å². The molecule has 0 N–H and O–H groups in total. The second kappa shape index (κ2) is 1.21. The third-order valence-electron chi connectivity index (χ3n) is 6.02. The number of hydrogen-bond acceptors (Lipinski definition) is 1. The van der Waals surface area contributed by atoms with E-state index >= 15 is 0 Å². The molecule has 0 aromatic carbocycles. The van der Waals surface area contributed by atoms with E-state index in [-0.39, 0.29) is 0 Å². The number of carbonyl (C=O) groups excluding carboxylic acids is 1. The molecular weight excluding hydrogens is 148 g/mol. The largest absolute Gasteiger partial charge is 0.299 e. The molecule has 6 aliphatic rings. The van der Waals surface area contributed by atoms with Gasteiger partial charge in [-0.2, -0.15) is 0 Å². The van der Waals surface area contributed by atoms with Gasteiger partial charge in [0.15, 0.2) is 0 Å². The average Bonchev–Trinajstić information content (AvgIpc) is 2.20. The first kappa shape index (κ1) is 5.41. The van der Waals surface area contributed by atoms with Crippen LogP contribution in [0.4, 0.5) is 0 Å². The summed E-state index contributed by atoms with van der Waals surface area (Å²) in [5.41, 5.74) is 0. The van der Waals surface area contributed by atoms with Gasteiger partial charge in [-0.1, -0.05) is 0 Å². The Morgan fingerprint density at radius 3 is 2.75 bits per heavy atom. The molecule has 6 aliphatic carbocycles. The number of ketones is 1. The summed E-state index contributed by atoms with van der Waals surface area (Å²) in [5.74, 6) is 7.68. The van der Waals surface area contributed by atoms with E-state index in [0.717, 1.165) is 35.5 Å². The van der Waals surface area contributed by atoms with Crippen molar-refractivity contribution in [2.45, 2.75) is 12.8 Å². The molecule has 0 spiro atoms. The fourth-order valence-corrected chi connectivity index (χ4v) is 5.96. The highest BCUT2D eigenvalue weighted by Gasteiger charge is 2.81. The van der Waals surface area contributed by atoms with E-state index in [0.29, 0.717) is 17.6 Å². The van der Waals surface area contributed by atoms with Crippen molar-refractivity contribution < 1.29 is 4.79 Å². The normalized spacial score (nSPS) is 79.2. The molecule has 12 heavy (non-hydrogen) atoms. The van der Waals surface area contributed by atoms with Gasteiger partial charge in [-0.3, -0.25) is 4.79 Å². The van der Waals surface area contributed by atoms with E-state index in [1.54, 1.807) is 0 Å². The third-order valence-corrected chi connectivity index (χ3v) is 6.02. The molecule has 6 fully saturated rings. The van der Waals surface area contributed by atoms with E-state index in [2.05, 4.69) is 0 Å². The maximum Gasteiger partial charge on any atom is 0.139 e. The molecule has 0 aromatic heterocycles. The number of Topliss-reactive ketones (excluding diaryl/α,β-unsaturated/α-hetero) is 1. The minimum atomic E-state index is 0.560. The van der Waals surface area contributed by atoms with Gasteiger partial charge in [-0.05, 0) is 48.3 Å². The molecule has 62 valence electrons. The van der Waals surface area contributed by atoms with E-state index in [1.165, 1.54) is 12.8 Å². The van der Waals surface area contributed by atoms with Crippen LogP contribution < -0.4 is 0 Å². The Morgan fingerprint density at radius 2 is 1.83 bits per heavy atom. The van der Waals surface area contributed by atoms with E-state index in [4.69, 9.17) is 0 Å². The maximum absolute atomic E-state index is 11.9. The molecule has 1 heteroatoms. The Bertz CT molecular complexity index is 311. The van der Waals surface area contributed by atoms with Crippen LogP contribution in [0.5, 0.6) is 0 Å². The molecular formula is C11H12O. The quantitative estimate of drug-likeness (QED) is 0.522. The number of rotatable bonds is 0. The first-order valence-corrected chi connectivity index (χ1v) is 5.41. The lowest BCUT2D eigenvalue weighted by molar-refractivity contribution is -0.186. The summed E-state index contributed by atoms with van der Waals surface area (Å²) in [6.45, 7) is 0. The molecule has 6 rings (SSSR count). The SMILES string of the molecule is O=C1C2CC3C4C2CC2C1C3C24. The predicted octanol–water partition coefficient (Wildman–Crippen LogP) is 1.33. The molecule has 5 bridgehead atoms. The van der Waals surface area contributed by atoms with Crippen LogP contribution in [0.15, 0.2) is 0 Å². The second-order valence-electron chi connectivity index (χ2n) is 5.73. The molecule has 0 heterocycles. The summed E-state index contributed by atoms with van der Waals surface area (Å²) in [5, 5.41) is 0. The fraction of sp³-hybridized carbons (Fsp3) is 0.909. The van der Waals surface area contributed by atoms with Crippen LogP contribution in [0.1, 0.15) is 12.8 Å². The lowest BCUT2D eigenvalue weighted by Gasteiger charge is -2.64. The molecule has 8 atom stereocenters. The van der Waals surface area contributed by atoms with Crippen LogP contribution in [0, 0.1) is 47.3 Å². The summed E-state index contributed by atoms with van der Waals surface area (Å²) in [6, 6.07) is 0. The highest BCUT2D eigenvalue weighted by atomic mass is 16.1. The zero-order valence-electron chi connectivity index (χ0n) is 6.94. The van der Waals surface area contributed by atoms with Gasteiger partial charge in [0.25, 0.3) is 0 Å². The zero-order chi connectivity index (χ0) is 7.61. The highest BCUT2D eigenvalue weighted by molar-refractivity contribution is 5.89. The van der Waals surface area contributed by atoms with Crippen molar-refractivity contribution in [2.24, 2.45) is 47.3 Å². The Balaban J connectivity index is 1.86. The van der Waals surface area contributed by atoms with Crippen LogP contribution in [-0.2, 0) is 4.79 Å². The predicted molar refractivity (Wildman–Crippen MR) is 42.2 cm³/mol. The third kappa shape index (κ3) is 0.272. The summed E-state index contributed by atoms with van der Waals surface area (Å²) in [4.78, 5) is 11.9. The van der Waals surface area contributed by atoms with E-state index in [1.807, 2.05) is 0 Å². The summed E-state index contributed by atoms with van der Waals surface area (Å²) < 4.78 is 0. The van der Waals surface area contributed by atoms with Gasteiger partial charge >= 0.3 is 0 Å². The smallest absolute Gasteiger partial charge is 0.139 e. The monoisotopic (exact) mass is 160 g/mol. The molecule has 6 saturated carbocycles. The van der Waals surface area contributed by atoms with Crippen molar-refractivity contribution in [3.63, 3.8) is 0 Å². The first-order chi connectivity index (χ1) is 5.88. The van der Waals surface area contributed by atoms with Gasteiger partial charge in [0.2, 0.25) is 0 Å². The zero-order valence-corrected chi connectivity index (χ0v) is 6.94. The minimum absolute atomic E-state index is 0.560. The van der Waals surface area contributed by atoms with Crippen LogP contribution >= 0.6 is 0 Å². The van der Waals surface area contributed by atoms with Crippen molar-refractivity contribution in [1.29, 1.82) is 0 Å². The van der Waals surface area contributed by atoms with Crippen LogP contribution in [0.25, 0.3) is 0 Å². The second-order valence-corrected chi connectivity index (χ2v) is 5.73. The van der Waals surface area contributed by atoms with Crippen molar-refractivity contribution in [3.05, 3.63) is 0 Å². The Labute approximate surface area is 71.5 Å². The summed E-state index contributed by atoms with van der Waals surface area (Å²) in [7, 11) is 0. The van der Waals surface area contributed by atoms with Crippen LogP contribution in [-0.4, -0.2) is 5.78 Å². The summed E-state index contributed by atoms with van der Waals surface area (Å²) in [6.07, 6.45) is 2.75. The van der Waals surface area contributed by atoms with Crippen molar-refractivity contribution >= 4 is 5.78 Å². The van der Waals surface area contributed by atoms with Crippen molar-refractivity contribution in [1.82, 2.24) is 0 Å².